The lowest BCUT2D eigenvalue weighted by atomic mass is 10.3. The van der Waals surface area contributed by atoms with Gasteiger partial charge in [-0.05, 0) is 25.5 Å². The minimum atomic E-state index is -0.335. The van der Waals surface area contributed by atoms with Gasteiger partial charge in [-0.3, -0.25) is 0 Å². The number of hydrogen-bond acceptors (Lipinski definition) is 5. The van der Waals surface area contributed by atoms with Gasteiger partial charge in [0.25, 0.3) is 0 Å². The fourth-order valence-corrected chi connectivity index (χ4v) is 2.71. The first-order chi connectivity index (χ1) is 11.6. The van der Waals surface area contributed by atoms with Gasteiger partial charge in [0.2, 0.25) is 0 Å². The molecule has 8 heteroatoms. The SMILES string of the molecule is Cc1nocc1CNC(=O)N1CCCN(c2ncccc2F)CC1. The van der Waals surface area contributed by atoms with Gasteiger partial charge in [-0.2, -0.15) is 0 Å². The van der Waals surface area contributed by atoms with Gasteiger partial charge >= 0.3 is 6.03 Å². The van der Waals surface area contributed by atoms with Crippen LogP contribution in [0, 0.1) is 12.7 Å². The average molecular weight is 333 g/mol. The molecule has 2 aromatic heterocycles. The van der Waals surface area contributed by atoms with Gasteiger partial charge in [0.05, 0.1) is 5.69 Å². The van der Waals surface area contributed by atoms with E-state index in [1.807, 2.05) is 11.8 Å². The Bertz CT molecular complexity index is 705. The molecule has 1 N–H and O–H groups in total. The minimum Gasteiger partial charge on any atom is -0.364 e. The molecule has 1 aliphatic rings. The van der Waals surface area contributed by atoms with Crippen LogP contribution in [0.15, 0.2) is 29.1 Å². The summed E-state index contributed by atoms with van der Waals surface area (Å²) < 4.78 is 18.7. The highest BCUT2D eigenvalue weighted by Gasteiger charge is 2.21. The number of anilines is 1. The lowest BCUT2D eigenvalue weighted by Crippen LogP contribution is -2.41. The quantitative estimate of drug-likeness (QED) is 0.929. The number of nitrogens with one attached hydrogen (secondary N) is 1. The van der Waals surface area contributed by atoms with Gasteiger partial charge in [0.15, 0.2) is 11.6 Å². The zero-order valence-corrected chi connectivity index (χ0v) is 13.5. The maximum atomic E-state index is 13.9. The van der Waals surface area contributed by atoms with E-state index in [-0.39, 0.29) is 11.8 Å². The predicted molar refractivity (Wildman–Crippen MR) is 86.1 cm³/mol. The lowest BCUT2D eigenvalue weighted by molar-refractivity contribution is 0.201. The van der Waals surface area contributed by atoms with Gasteiger partial charge < -0.3 is 19.6 Å². The topological polar surface area (TPSA) is 74.5 Å². The molecule has 0 aliphatic carbocycles. The lowest BCUT2D eigenvalue weighted by Gasteiger charge is -2.23. The first-order valence-electron chi connectivity index (χ1n) is 7.93. The smallest absolute Gasteiger partial charge is 0.317 e. The van der Waals surface area contributed by atoms with Crippen molar-refractivity contribution in [1.29, 1.82) is 0 Å². The van der Waals surface area contributed by atoms with Crippen LogP contribution in [0.3, 0.4) is 0 Å². The van der Waals surface area contributed by atoms with Crippen molar-refractivity contribution in [3.8, 4) is 0 Å². The first kappa shape index (κ1) is 16.2. The number of hydrogen-bond donors (Lipinski definition) is 1. The monoisotopic (exact) mass is 333 g/mol. The molecule has 0 unspecified atom stereocenters. The second-order valence-electron chi connectivity index (χ2n) is 5.72. The van der Waals surface area contributed by atoms with E-state index in [1.54, 1.807) is 17.2 Å². The van der Waals surface area contributed by atoms with Crippen molar-refractivity contribution in [2.24, 2.45) is 0 Å². The van der Waals surface area contributed by atoms with Crippen molar-refractivity contribution < 1.29 is 13.7 Å². The third-order valence-electron chi connectivity index (χ3n) is 4.10. The normalized spacial score (nSPS) is 15.2. The van der Waals surface area contributed by atoms with Crippen LogP contribution in [0.5, 0.6) is 0 Å². The molecule has 0 saturated carbocycles. The Morgan fingerprint density at radius 1 is 1.38 bits per heavy atom. The predicted octanol–water partition coefficient (Wildman–Crippen LogP) is 1.94. The molecule has 0 aromatic carbocycles. The van der Waals surface area contributed by atoms with E-state index < -0.39 is 0 Å². The summed E-state index contributed by atoms with van der Waals surface area (Å²) in [6, 6.07) is 2.83. The number of urea groups is 1. The molecule has 3 rings (SSSR count). The summed E-state index contributed by atoms with van der Waals surface area (Å²) in [6.45, 7) is 4.57. The van der Waals surface area contributed by atoms with E-state index in [9.17, 15) is 9.18 Å². The van der Waals surface area contributed by atoms with Gasteiger partial charge in [0.1, 0.15) is 6.26 Å². The molecule has 3 heterocycles. The molecule has 24 heavy (non-hydrogen) atoms. The summed E-state index contributed by atoms with van der Waals surface area (Å²) in [5.74, 6) is 0.0122. The van der Waals surface area contributed by atoms with E-state index in [0.29, 0.717) is 38.5 Å². The second kappa shape index (κ2) is 7.29. The summed E-state index contributed by atoms with van der Waals surface area (Å²) in [7, 11) is 0. The fourth-order valence-electron chi connectivity index (χ4n) is 2.71. The third kappa shape index (κ3) is 3.64. The Labute approximate surface area is 139 Å². The van der Waals surface area contributed by atoms with Crippen molar-refractivity contribution in [2.75, 3.05) is 31.1 Å². The van der Waals surface area contributed by atoms with Gasteiger partial charge in [-0.1, -0.05) is 5.16 Å². The van der Waals surface area contributed by atoms with Crippen LogP contribution in [-0.2, 0) is 6.54 Å². The van der Waals surface area contributed by atoms with Crippen molar-refractivity contribution in [3.05, 3.63) is 41.7 Å². The summed E-state index contributed by atoms with van der Waals surface area (Å²) in [4.78, 5) is 20.1. The zero-order chi connectivity index (χ0) is 16.9. The Balaban J connectivity index is 1.56. The molecule has 2 aromatic rings. The van der Waals surface area contributed by atoms with E-state index in [0.717, 1.165) is 17.7 Å². The van der Waals surface area contributed by atoms with Crippen LogP contribution in [-0.4, -0.2) is 47.3 Å². The molecule has 1 aliphatic heterocycles. The Hall–Kier alpha value is -2.64. The molecule has 7 nitrogen and oxygen atoms in total. The van der Waals surface area contributed by atoms with Crippen LogP contribution in [0.25, 0.3) is 0 Å². The number of amides is 2. The molecule has 0 atom stereocenters. The summed E-state index contributed by atoms with van der Waals surface area (Å²) in [5.41, 5.74) is 1.62. The number of carbonyl (C=O) groups excluding carboxylic acids is 1. The Morgan fingerprint density at radius 2 is 2.25 bits per heavy atom. The van der Waals surface area contributed by atoms with Crippen molar-refractivity contribution in [3.63, 3.8) is 0 Å². The van der Waals surface area contributed by atoms with Gasteiger partial charge in [-0.25, -0.2) is 14.2 Å². The highest BCUT2D eigenvalue weighted by atomic mass is 19.1. The largest absolute Gasteiger partial charge is 0.364 e. The number of aryl methyl sites for hydroxylation is 1. The van der Waals surface area contributed by atoms with Gasteiger partial charge in [-0.15, -0.1) is 0 Å². The highest BCUT2D eigenvalue weighted by molar-refractivity contribution is 5.74. The average Bonchev–Trinajstić information content (AvgIpc) is 2.84. The van der Waals surface area contributed by atoms with E-state index >= 15 is 0 Å². The van der Waals surface area contributed by atoms with Crippen LogP contribution in [0.2, 0.25) is 0 Å². The number of pyridine rings is 1. The van der Waals surface area contributed by atoms with Crippen LogP contribution in [0.1, 0.15) is 17.7 Å². The molecular formula is C16H20FN5O2. The molecular weight excluding hydrogens is 313 g/mol. The van der Waals surface area contributed by atoms with Gasteiger partial charge in [0, 0.05) is 44.5 Å². The summed E-state index contributed by atoms with van der Waals surface area (Å²) in [6.07, 6.45) is 3.87. The standard InChI is InChI=1S/C16H20FN5O2/c1-12-13(11-24-20-12)10-19-16(23)22-7-3-6-21(8-9-22)15-14(17)4-2-5-18-15/h2,4-5,11H,3,6-10H2,1H3,(H,19,23). The number of nitrogens with zero attached hydrogens (tertiary/aromatic N) is 4. The molecule has 0 bridgehead atoms. The molecule has 2 amide bonds. The van der Waals surface area contributed by atoms with Crippen molar-refractivity contribution >= 4 is 11.8 Å². The molecule has 128 valence electrons. The van der Waals surface area contributed by atoms with Crippen molar-refractivity contribution in [2.45, 2.75) is 19.9 Å². The van der Waals surface area contributed by atoms with E-state index in [1.165, 1.54) is 12.3 Å². The summed E-state index contributed by atoms with van der Waals surface area (Å²) in [5, 5.41) is 6.65. The number of rotatable bonds is 3. The molecule has 0 radical (unpaired) electrons. The maximum Gasteiger partial charge on any atom is 0.317 e. The van der Waals surface area contributed by atoms with Crippen molar-refractivity contribution in [1.82, 2.24) is 20.4 Å². The second-order valence-corrected chi connectivity index (χ2v) is 5.72. The molecule has 0 spiro atoms. The minimum absolute atomic E-state index is 0.140. The van der Waals surface area contributed by atoms with E-state index in [2.05, 4.69) is 15.5 Å². The number of aromatic nitrogens is 2. The van der Waals surface area contributed by atoms with Crippen LogP contribution < -0.4 is 10.2 Å². The first-order valence-corrected chi connectivity index (χ1v) is 7.93. The summed E-state index contributed by atoms with van der Waals surface area (Å²) >= 11 is 0. The van der Waals surface area contributed by atoms with E-state index in [4.69, 9.17) is 4.52 Å². The molecule has 1 fully saturated rings. The zero-order valence-electron chi connectivity index (χ0n) is 13.5. The third-order valence-corrected chi connectivity index (χ3v) is 4.10. The molecule has 1 saturated heterocycles. The highest BCUT2D eigenvalue weighted by Crippen LogP contribution is 2.17. The number of halogens is 1. The Kier molecular flexibility index (Phi) is 4.93. The fraction of sp³-hybridized carbons (Fsp3) is 0.438. The Morgan fingerprint density at radius 3 is 3.00 bits per heavy atom. The van der Waals surface area contributed by atoms with Crippen LogP contribution in [0.4, 0.5) is 15.0 Å². The maximum absolute atomic E-state index is 13.9. The number of carbonyl (C=O) groups is 1. The van der Waals surface area contributed by atoms with Crippen LogP contribution >= 0.6 is 0 Å².